The van der Waals surface area contributed by atoms with E-state index in [4.69, 9.17) is 9.72 Å². The lowest BCUT2D eigenvalue weighted by atomic mass is 10.1. The summed E-state index contributed by atoms with van der Waals surface area (Å²) >= 11 is 0. The minimum absolute atomic E-state index is 0.613. The SMILES string of the molecule is COc1ccc(CNc2nc(NCCc3ccccc3)c3ccccc3n2)cc1. The molecular weight excluding hydrogens is 360 g/mol. The molecule has 5 nitrogen and oxygen atoms in total. The molecule has 0 amide bonds. The molecule has 4 rings (SSSR count). The molecule has 1 aromatic heterocycles. The van der Waals surface area contributed by atoms with Crippen LogP contribution in [0.5, 0.6) is 5.75 Å². The Morgan fingerprint density at radius 2 is 1.52 bits per heavy atom. The van der Waals surface area contributed by atoms with Crippen LogP contribution in [-0.4, -0.2) is 23.6 Å². The van der Waals surface area contributed by atoms with Gasteiger partial charge in [-0.25, -0.2) is 4.98 Å². The minimum atomic E-state index is 0.613. The molecule has 3 aromatic carbocycles. The van der Waals surface area contributed by atoms with Gasteiger partial charge in [0.1, 0.15) is 11.6 Å². The maximum atomic E-state index is 5.21. The quantitative estimate of drug-likeness (QED) is 0.452. The highest BCUT2D eigenvalue weighted by Crippen LogP contribution is 2.22. The first-order valence-electron chi connectivity index (χ1n) is 9.73. The van der Waals surface area contributed by atoms with E-state index < -0.39 is 0 Å². The number of para-hydroxylation sites is 1. The van der Waals surface area contributed by atoms with Crippen LogP contribution in [0.4, 0.5) is 11.8 Å². The number of hydrogen-bond donors (Lipinski definition) is 2. The van der Waals surface area contributed by atoms with Gasteiger partial charge < -0.3 is 15.4 Å². The predicted molar refractivity (Wildman–Crippen MR) is 118 cm³/mol. The summed E-state index contributed by atoms with van der Waals surface area (Å²) in [5.74, 6) is 2.31. The highest BCUT2D eigenvalue weighted by atomic mass is 16.5. The molecule has 0 unspecified atom stereocenters. The Kier molecular flexibility index (Phi) is 5.86. The van der Waals surface area contributed by atoms with Crippen molar-refractivity contribution in [3.63, 3.8) is 0 Å². The van der Waals surface area contributed by atoms with E-state index in [1.807, 2.05) is 54.6 Å². The highest BCUT2D eigenvalue weighted by Gasteiger charge is 2.07. The summed E-state index contributed by atoms with van der Waals surface area (Å²) in [6, 6.07) is 26.5. The second kappa shape index (κ2) is 9.06. The number of aromatic nitrogens is 2. The van der Waals surface area contributed by atoms with Crippen molar-refractivity contribution in [1.82, 2.24) is 9.97 Å². The molecular formula is C24H24N4O. The van der Waals surface area contributed by atoms with Crippen molar-refractivity contribution >= 4 is 22.7 Å². The topological polar surface area (TPSA) is 59.1 Å². The van der Waals surface area contributed by atoms with Crippen LogP contribution >= 0.6 is 0 Å². The molecule has 0 fully saturated rings. The molecule has 2 N–H and O–H groups in total. The van der Waals surface area contributed by atoms with E-state index in [-0.39, 0.29) is 0 Å². The van der Waals surface area contributed by atoms with E-state index in [1.54, 1.807) is 7.11 Å². The van der Waals surface area contributed by atoms with Crippen LogP contribution in [0, 0.1) is 0 Å². The number of anilines is 2. The van der Waals surface area contributed by atoms with Crippen molar-refractivity contribution < 1.29 is 4.74 Å². The van der Waals surface area contributed by atoms with E-state index in [0.29, 0.717) is 12.5 Å². The summed E-state index contributed by atoms with van der Waals surface area (Å²) in [7, 11) is 1.67. The Bertz CT molecular complexity index is 1070. The third-order valence-corrected chi connectivity index (χ3v) is 4.76. The first-order chi connectivity index (χ1) is 14.3. The van der Waals surface area contributed by atoms with Gasteiger partial charge in [-0.2, -0.15) is 4.98 Å². The summed E-state index contributed by atoms with van der Waals surface area (Å²) in [4.78, 5) is 9.39. The average Bonchev–Trinajstić information content (AvgIpc) is 2.79. The molecule has 0 spiro atoms. The molecule has 0 aliphatic rings. The lowest BCUT2D eigenvalue weighted by Gasteiger charge is -2.12. The van der Waals surface area contributed by atoms with Gasteiger partial charge in [0.15, 0.2) is 0 Å². The fraction of sp³-hybridized carbons (Fsp3) is 0.167. The molecule has 29 heavy (non-hydrogen) atoms. The molecule has 4 aromatic rings. The summed E-state index contributed by atoms with van der Waals surface area (Å²) in [5, 5.41) is 7.84. The number of fused-ring (bicyclic) bond motifs is 1. The number of hydrogen-bond acceptors (Lipinski definition) is 5. The molecule has 0 atom stereocenters. The monoisotopic (exact) mass is 384 g/mol. The van der Waals surface area contributed by atoms with Crippen LogP contribution in [0.15, 0.2) is 78.9 Å². The van der Waals surface area contributed by atoms with Crippen molar-refractivity contribution in [2.75, 3.05) is 24.3 Å². The standard InChI is InChI=1S/C24H24N4O/c1-29-20-13-11-19(12-14-20)17-26-24-27-22-10-6-5-9-21(22)23(28-24)25-16-15-18-7-3-2-4-8-18/h2-14H,15-17H2,1H3,(H2,25,26,27,28). The Morgan fingerprint density at radius 3 is 2.31 bits per heavy atom. The number of ether oxygens (including phenoxy) is 1. The van der Waals surface area contributed by atoms with Gasteiger partial charge >= 0.3 is 0 Å². The van der Waals surface area contributed by atoms with Gasteiger partial charge in [0.2, 0.25) is 5.95 Å². The second-order valence-corrected chi connectivity index (χ2v) is 6.78. The highest BCUT2D eigenvalue weighted by molar-refractivity contribution is 5.90. The van der Waals surface area contributed by atoms with Crippen LogP contribution in [0.2, 0.25) is 0 Å². The van der Waals surface area contributed by atoms with E-state index in [1.165, 1.54) is 5.56 Å². The van der Waals surface area contributed by atoms with Gasteiger partial charge in [-0.1, -0.05) is 54.6 Å². The van der Waals surface area contributed by atoms with Gasteiger partial charge in [-0.3, -0.25) is 0 Å². The Labute approximate surface area is 170 Å². The first kappa shape index (κ1) is 18.7. The molecule has 0 aliphatic heterocycles. The summed E-state index contributed by atoms with van der Waals surface area (Å²) in [5.41, 5.74) is 3.36. The van der Waals surface area contributed by atoms with Crippen molar-refractivity contribution in [3.05, 3.63) is 90.0 Å². The predicted octanol–water partition coefficient (Wildman–Crippen LogP) is 4.91. The second-order valence-electron chi connectivity index (χ2n) is 6.78. The smallest absolute Gasteiger partial charge is 0.225 e. The van der Waals surface area contributed by atoms with E-state index >= 15 is 0 Å². The molecule has 5 heteroatoms. The van der Waals surface area contributed by atoms with Gasteiger partial charge in [0.25, 0.3) is 0 Å². The largest absolute Gasteiger partial charge is 0.497 e. The summed E-state index contributed by atoms with van der Waals surface area (Å²) in [6.45, 7) is 1.45. The Balaban J connectivity index is 1.48. The maximum absolute atomic E-state index is 5.21. The number of nitrogens with zero attached hydrogens (tertiary/aromatic N) is 2. The average molecular weight is 384 g/mol. The molecule has 0 saturated heterocycles. The Hall–Kier alpha value is -3.60. The van der Waals surface area contributed by atoms with Crippen LogP contribution in [0.25, 0.3) is 10.9 Å². The van der Waals surface area contributed by atoms with Crippen LogP contribution in [0.1, 0.15) is 11.1 Å². The molecule has 0 aliphatic carbocycles. The fourth-order valence-corrected chi connectivity index (χ4v) is 3.18. The normalized spacial score (nSPS) is 10.7. The summed E-state index contributed by atoms with van der Waals surface area (Å²) < 4.78 is 5.21. The van der Waals surface area contributed by atoms with Crippen molar-refractivity contribution in [2.45, 2.75) is 13.0 Å². The molecule has 0 radical (unpaired) electrons. The van der Waals surface area contributed by atoms with Crippen LogP contribution in [-0.2, 0) is 13.0 Å². The molecule has 0 saturated carbocycles. The summed E-state index contributed by atoms with van der Waals surface area (Å²) in [6.07, 6.45) is 0.938. The van der Waals surface area contributed by atoms with Crippen LogP contribution in [0.3, 0.4) is 0 Å². The Morgan fingerprint density at radius 1 is 0.759 bits per heavy atom. The lowest BCUT2D eigenvalue weighted by Crippen LogP contribution is -2.10. The van der Waals surface area contributed by atoms with Gasteiger partial charge in [0.05, 0.1) is 12.6 Å². The number of benzene rings is 3. The number of methoxy groups -OCH3 is 1. The lowest BCUT2D eigenvalue weighted by molar-refractivity contribution is 0.414. The fourth-order valence-electron chi connectivity index (χ4n) is 3.18. The first-order valence-corrected chi connectivity index (χ1v) is 9.73. The van der Waals surface area contributed by atoms with Crippen molar-refractivity contribution in [1.29, 1.82) is 0 Å². The third-order valence-electron chi connectivity index (χ3n) is 4.76. The van der Waals surface area contributed by atoms with Gasteiger partial charge in [0, 0.05) is 18.5 Å². The van der Waals surface area contributed by atoms with Crippen LogP contribution < -0.4 is 15.4 Å². The minimum Gasteiger partial charge on any atom is -0.497 e. The zero-order valence-corrected chi connectivity index (χ0v) is 16.4. The molecule has 146 valence electrons. The van der Waals surface area contributed by atoms with Gasteiger partial charge in [-0.05, 0) is 41.8 Å². The van der Waals surface area contributed by atoms with E-state index in [2.05, 4.69) is 39.9 Å². The van der Waals surface area contributed by atoms with Crippen molar-refractivity contribution in [2.24, 2.45) is 0 Å². The maximum Gasteiger partial charge on any atom is 0.225 e. The van der Waals surface area contributed by atoms with Crippen molar-refractivity contribution in [3.8, 4) is 5.75 Å². The third kappa shape index (κ3) is 4.82. The number of rotatable bonds is 8. The number of nitrogens with one attached hydrogen (secondary N) is 2. The van der Waals surface area contributed by atoms with E-state index in [9.17, 15) is 0 Å². The zero-order valence-electron chi connectivity index (χ0n) is 16.4. The molecule has 0 bridgehead atoms. The van der Waals surface area contributed by atoms with Gasteiger partial charge in [-0.15, -0.1) is 0 Å². The van der Waals surface area contributed by atoms with E-state index in [0.717, 1.165) is 41.0 Å². The zero-order chi connectivity index (χ0) is 19.9. The molecule has 1 heterocycles.